The molecule has 1 fully saturated rings. The van der Waals surface area contributed by atoms with Crippen LogP contribution in [0, 0.1) is 16.6 Å². The molecule has 0 saturated heterocycles. The Morgan fingerprint density at radius 1 is 1.27 bits per heavy atom. The van der Waals surface area contributed by atoms with Gasteiger partial charge >= 0.3 is 0 Å². The van der Waals surface area contributed by atoms with E-state index in [1.165, 1.54) is 11.3 Å². The predicted molar refractivity (Wildman–Crippen MR) is 124 cm³/mol. The monoisotopic (exact) mass is 431 g/mol. The lowest BCUT2D eigenvalue weighted by Crippen LogP contribution is -3.11. The lowest BCUT2D eigenvalue weighted by atomic mass is 9.78. The highest BCUT2D eigenvalue weighted by Gasteiger charge is 2.28. The summed E-state index contributed by atoms with van der Waals surface area (Å²) in [5.74, 6) is 0.999. The summed E-state index contributed by atoms with van der Waals surface area (Å²) in [4.78, 5) is 30.4. The van der Waals surface area contributed by atoms with Gasteiger partial charge in [-0.2, -0.15) is 0 Å². The molecular formula is C23H35N4O2S+. The van der Waals surface area contributed by atoms with Crippen LogP contribution in [-0.2, 0) is 6.54 Å². The Labute approximate surface area is 183 Å². The number of aromatic amines is 1. The van der Waals surface area contributed by atoms with Gasteiger partial charge in [0.15, 0.2) is 4.77 Å². The molecule has 7 heteroatoms. The molecule has 2 aromatic rings. The summed E-state index contributed by atoms with van der Waals surface area (Å²) in [6.45, 7) is 12.2. The Morgan fingerprint density at radius 3 is 2.70 bits per heavy atom. The van der Waals surface area contributed by atoms with Gasteiger partial charge in [-0.3, -0.25) is 14.2 Å². The summed E-state index contributed by atoms with van der Waals surface area (Å²) < 4.78 is 2.04. The van der Waals surface area contributed by atoms with E-state index in [4.69, 9.17) is 12.2 Å². The van der Waals surface area contributed by atoms with E-state index in [2.05, 4.69) is 38.0 Å². The van der Waals surface area contributed by atoms with Crippen LogP contribution in [-0.4, -0.2) is 41.1 Å². The number of H-pyrrole nitrogens is 1. The molecular weight excluding hydrogens is 396 g/mol. The number of aromatic nitrogens is 2. The van der Waals surface area contributed by atoms with Crippen LogP contribution < -0.4 is 15.8 Å². The summed E-state index contributed by atoms with van der Waals surface area (Å²) in [5.41, 5.74) is 1.08. The molecule has 1 saturated carbocycles. The highest BCUT2D eigenvalue weighted by Crippen LogP contribution is 2.29. The molecule has 3 unspecified atom stereocenters. The number of benzene rings is 1. The topological polar surface area (TPSA) is 71.3 Å². The summed E-state index contributed by atoms with van der Waals surface area (Å²) in [7, 11) is 0. The van der Waals surface area contributed by atoms with Crippen LogP contribution >= 0.6 is 12.2 Å². The van der Waals surface area contributed by atoms with Gasteiger partial charge in [0.2, 0.25) is 0 Å². The lowest BCUT2D eigenvalue weighted by molar-refractivity contribution is -0.897. The third-order valence-electron chi connectivity index (χ3n) is 6.96. The van der Waals surface area contributed by atoms with Crippen molar-refractivity contribution in [1.29, 1.82) is 0 Å². The van der Waals surface area contributed by atoms with Crippen LogP contribution in [0.5, 0.6) is 0 Å². The van der Waals surface area contributed by atoms with Crippen molar-refractivity contribution in [2.75, 3.05) is 19.6 Å². The third-order valence-corrected chi connectivity index (χ3v) is 7.28. The van der Waals surface area contributed by atoms with Crippen molar-refractivity contribution >= 4 is 29.0 Å². The molecule has 1 aliphatic rings. The van der Waals surface area contributed by atoms with E-state index in [-0.39, 0.29) is 17.5 Å². The van der Waals surface area contributed by atoms with Crippen molar-refractivity contribution in [2.45, 2.75) is 59.5 Å². The first-order chi connectivity index (χ1) is 14.3. The van der Waals surface area contributed by atoms with Gasteiger partial charge in [0, 0.05) is 11.6 Å². The third kappa shape index (κ3) is 4.83. The molecule has 0 spiro atoms. The van der Waals surface area contributed by atoms with Gasteiger partial charge in [-0.1, -0.05) is 26.7 Å². The van der Waals surface area contributed by atoms with Crippen LogP contribution in [0.15, 0.2) is 23.0 Å². The Bertz CT molecular complexity index is 1010. The average Bonchev–Trinajstić information content (AvgIpc) is 2.73. The molecule has 6 nitrogen and oxygen atoms in total. The van der Waals surface area contributed by atoms with E-state index in [0.717, 1.165) is 32.5 Å². The minimum atomic E-state index is -0.0954. The normalized spacial score (nSPS) is 21.8. The van der Waals surface area contributed by atoms with Crippen molar-refractivity contribution < 1.29 is 9.69 Å². The average molecular weight is 432 g/mol. The summed E-state index contributed by atoms with van der Waals surface area (Å²) >= 11 is 5.46. The number of likely N-dealkylation sites (N-methyl/N-ethyl adjacent to an activating group) is 1. The quantitative estimate of drug-likeness (QED) is 0.590. The Morgan fingerprint density at radius 2 is 2.00 bits per heavy atom. The number of rotatable bonds is 7. The molecule has 0 bridgehead atoms. The SMILES string of the molecule is CC[NH+](CC)CCn1c(=S)[nH]c2cc(C(=O)NC3CCCC(C)C3C)ccc2c1=O. The van der Waals surface area contributed by atoms with Crippen molar-refractivity contribution in [1.82, 2.24) is 14.9 Å². The molecule has 0 radical (unpaired) electrons. The van der Waals surface area contributed by atoms with E-state index in [0.29, 0.717) is 39.6 Å². The summed E-state index contributed by atoms with van der Waals surface area (Å²) in [5, 5.41) is 3.77. The van der Waals surface area contributed by atoms with Crippen molar-refractivity contribution in [3.8, 4) is 0 Å². The molecule has 1 aliphatic carbocycles. The van der Waals surface area contributed by atoms with E-state index < -0.39 is 0 Å². The zero-order chi connectivity index (χ0) is 21.8. The van der Waals surface area contributed by atoms with Gasteiger partial charge in [-0.15, -0.1) is 0 Å². The minimum Gasteiger partial charge on any atom is -0.349 e. The maximum atomic E-state index is 13.0. The van der Waals surface area contributed by atoms with Gasteiger partial charge in [0.25, 0.3) is 11.5 Å². The summed E-state index contributed by atoms with van der Waals surface area (Å²) in [6, 6.07) is 5.43. The number of nitrogens with zero attached hydrogens (tertiary/aromatic N) is 1. The molecule has 0 aliphatic heterocycles. The Hall–Kier alpha value is -1.99. The van der Waals surface area contributed by atoms with Crippen LogP contribution in [0.3, 0.4) is 0 Å². The van der Waals surface area contributed by atoms with Crippen LogP contribution in [0.4, 0.5) is 0 Å². The van der Waals surface area contributed by atoms with E-state index in [1.54, 1.807) is 22.8 Å². The van der Waals surface area contributed by atoms with Crippen LogP contribution in [0.25, 0.3) is 10.9 Å². The standard InChI is InChI=1S/C23H34N4O2S/c1-5-26(6-2)12-13-27-22(29)18-11-10-17(14-20(18)25-23(27)30)21(28)24-19-9-7-8-15(3)16(19)4/h10-11,14-16,19H,5-9,12-13H2,1-4H3,(H,24,28)(H,25,30)/p+1. The predicted octanol–water partition coefficient (Wildman–Crippen LogP) is 2.54. The fourth-order valence-corrected chi connectivity index (χ4v) is 4.79. The lowest BCUT2D eigenvalue weighted by Gasteiger charge is -2.34. The minimum absolute atomic E-state index is 0.0866. The molecule has 1 aromatic heterocycles. The number of hydrogen-bond donors (Lipinski definition) is 3. The number of hydrogen-bond acceptors (Lipinski definition) is 3. The number of quaternary nitrogens is 1. The van der Waals surface area contributed by atoms with Gasteiger partial charge in [-0.25, -0.2) is 0 Å². The van der Waals surface area contributed by atoms with E-state index in [9.17, 15) is 9.59 Å². The molecule has 1 aromatic carbocycles. The molecule has 1 amide bonds. The Kier molecular flexibility index (Phi) is 7.47. The second-order valence-corrected chi connectivity index (χ2v) is 9.09. The fourth-order valence-electron chi connectivity index (χ4n) is 4.51. The number of fused-ring (bicyclic) bond motifs is 1. The van der Waals surface area contributed by atoms with Crippen molar-refractivity contribution in [3.63, 3.8) is 0 Å². The van der Waals surface area contributed by atoms with Gasteiger partial charge < -0.3 is 15.2 Å². The molecule has 3 atom stereocenters. The fraction of sp³-hybridized carbons (Fsp3) is 0.609. The van der Waals surface area contributed by atoms with Gasteiger partial charge in [0.1, 0.15) is 0 Å². The smallest absolute Gasteiger partial charge is 0.262 e. The number of carbonyl (C=O) groups is 1. The summed E-state index contributed by atoms with van der Waals surface area (Å²) in [6.07, 6.45) is 3.39. The number of amides is 1. The van der Waals surface area contributed by atoms with E-state index >= 15 is 0 Å². The van der Waals surface area contributed by atoms with Crippen molar-refractivity contribution in [2.24, 2.45) is 11.8 Å². The van der Waals surface area contributed by atoms with Gasteiger partial charge in [-0.05, 0) is 62.5 Å². The van der Waals surface area contributed by atoms with Gasteiger partial charge in [0.05, 0.1) is 37.1 Å². The molecule has 3 rings (SSSR count). The maximum absolute atomic E-state index is 13.0. The molecule has 30 heavy (non-hydrogen) atoms. The number of carbonyl (C=O) groups excluding carboxylic acids is 1. The first kappa shape index (κ1) is 22.7. The first-order valence-corrected chi connectivity index (χ1v) is 11.7. The molecule has 3 N–H and O–H groups in total. The zero-order valence-electron chi connectivity index (χ0n) is 18.6. The van der Waals surface area contributed by atoms with E-state index in [1.807, 2.05) is 0 Å². The molecule has 1 heterocycles. The first-order valence-electron chi connectivity index (χ1n) is 11.3. The molecule has 164 valence electrons. The highest BCUT2D eigenvalue weighted by atomic mass is 32.1. The second-order valence-electron chi connectivity index (χ2n) is 8.70. The zero-order valence-corrected chi connectivity index (χ0v) is 19.4. The number of nitrogens with one attached hydrogen (secondary N) is 3. The van der Waals surface area contributed by atoms with Crippen LogP contribution in [0.2, 0.25) is 0 Å². The highest BCUT2D eigenvalue weighted by molar-refractivity contribution is 7.71. The Balaban J connectivity index is 1.82. The van der Waals surface area contributed by atoms with Crippen LogP contribution in [0.1, 0.15) is 57.3 Å². The van der Waals surface area contributed by atoms with Crippen molar-refractivity contribution in [3.05, 3.63) is 38.9 Å². The maximum Gasteiger partial charge on any atom is 0.262 e. The largest absolute Gasteiger partial charge is 0.349 e. The second kappa shape index (κ2) is 9.88.